The van der Waals surface area contributed by atoms with Gasteiger partial charge in [-0.1, -0.05) is 58.7 Å². The van der Waals surface area contributed by atoms with Gasteiger partial charge in [0.25, 0.3) is 5.91 Å². The molecule has 0 unspecified atom stereocenters. The first-order valence-corrected chi connectivity index (χ1v) is 8.99. The van der Waals surface area contributed by atoms with Gasteiger partial charge >= 0.3 is 5.97 Å². The normalized spacial score (nSPS) is 15.1. The zero-order chi connectivity index (χ0) is 17.7. The molecule has 1 aromatic carbocycles. The maximum atomic E-state index is 12.3. The number of esters is 1. The number of benzene rings is 1. The second-order valence-electron chi connectivity index (χ2n) is 7.26. The predicted octanol–water partition coefficient (Wildman–Crippen LogP) is 4.61. The summed E-state index contributed by atoms with van der Waals surface area (Å²) in [6, 6.07) is 6.10. The fourth-order valence-corrected chi connectivity index (χ4v) is 3.29. The van der Waals surface area contributed by atoms with Crippen molar-refractivity contribution in [1.29, 1.82) is 0 Å². The molecular weight excluding hydrogens is 302 g/mol. The Labute approximate surface area is 145 Å². The zero-order valence-electron chi connectivity index (χ0n) is 15.2. The van der Waals surface area contributed by atoms with E-state index in [-0.39, 0.29) is 24.4 Å². The van der Waals surface area contributed by atoms with Crippen molar-refractivity contribution in [1.82, 2.24) is 0 Å². The van der Waals surface area contributed by atoms with Crippen molar-refractivity contribution in [3.8, 4) is 0 Å². The summed E-state index contributed by atoms with van der Waals surface area (Å²) in [4.78, 5) is 24.2. The van der Waals surface area contributed by atoms with Crippen LogP contribution in [0.2, 0.25) is 0 Å². The molecule has 0 radical (unpaired) electrons. The van der Waals surface area contributed by atoms with Crippen molar-refractivity contribution >= 4 is 17.6 Å². The largest absolute Gasteiger partial charge is 0.455 e. The molecule has 1 amide bonds. The van der Waals surface area contributed by atoms with E-state index in [2.05, 4.69) is 33.0 Å². The molecule has 0 atom stereocenters. The number of hydrogen-bond acceptors (Lipinski definition) is 3. The van der Waals surface area contributed by atoms with Crippen LogP contribution in [0.25, 0.3) is 0 Å². The number of rotatable bonds is 6. The first kappa shape index (κ1) is 18.5. The molecule has 2 rings (SSSR count). The Morgan fingerprint density at radius 2 is 1.62 bits per heavy atom. The van der Waals surface area contributed by atoms with Gasteiger partial charge in [-0.2, -0.15) is 0 Å². The van der Waals surface area contributed by atoms with Gasteiger partial charge in [0.2, 0.25) is 0 Å². The number of para-hydroxylation sites is 1. The van der Waals surface area contributed by atoms with Gasteiger partial charge in [0, 0.05) is 5.69 Å². The minimum absolute atomic E-state index is 0.0213. The molecule has 1 saturated carbocycles. The lowest BCUT2D eigenvalue weighted by molar-refractivity contribution is -0.151. The Bertz CT molecular complexity index is 560. The molecule has 4 heteroatoms. The van der Waals surface area contributed by atoms with Crippen molar-refractivity contribution in [2.75, 3.05) is 11.9 Å². The molecule has 24 heavy (non-hydrogen) atoms. The SMILES string of the molecule is CC(C)c1cccc(C(C)C)c1NC(=O)COC(=O)C1CCCC1. The Morgan fingerprint density at radius 3 is 2.12 bits per heavy atom. The summed E-state index contributed by atoms with van der Waals surface area (Å²) in [7, 11) is 0. The molecule has 0 spiro atoms. The number of nitrogens with one attached hydrogen (secondary N) is 1. The van der Waals surface area contributed by atoms with E-state index in [9.17, 15) is 9.59 Å². The average molecular weight is 331 g/mol. The fourth-order valence-electron chi connectivity index (χ4n) is 3.29. The van der Waals surface area contributed by atoms with Gasteiger partial charge < -0.3 is 10.1 Å². The molecule has 0 bridgehead atoms. The maximum Gasteiger partial charge on any atom is 0.309 e. The number of anilines is 1. The number of hydrogen-bond donors (Lipinski definition) is 1. The summed E-state index contributed by atoms with van der Waals surface area (Å²) in [5, 5.41) is 2.97. The molecule has 0 heterocycles. The number of carbonyl (C=O) groups is 2. The van der Waals surface area contributed by atoms with E-state index in [4.69, 9.17) is 4.74 Å². The molecule has 0 saturated heterocycles. The third-order valence-corrected chi connectivity index (χ3v) is 4.67. The van der Waals surface area contributed by atoms with E-state index in [0.29, 0.717) is 11.8 Å². The van der Waals surface area contributed by atoms with Gasteiger partial charge in [-0.05, 0) is 35.8 Å². The van der Waals surface area contributed by atoms with Crippen molar-refractivity contribution in [2.24, 2.45) is 5.92 Å². The number of ether oxygens (including phenoxy) is 1. The lowest BCUT2D eigenvalue weighted by Gasteiger charge is -2.20. The van der Waals surface area contributed by atoms with E-state index in [0.717, 1.165) is 42.5 Å². The van der Waals surface area contributed by atoms with Crippen LogP contribution in [-0.2, 0) is 14.3 Å². The molecule has 0 aromatic heterocycles. The third-order valence-electron chi connectivity index (χ3n) is 4.67. The molecule has 1 aliphatic rings. The molecule has 1 aliphatic carbocycles. The monoisotopic (exact) mass is 331 g/mol. The van der Waals surface area contributed by atoms with Gasteiger partial charge in [0.15, 0.2) is 6.61 Å². The molecule has 0 aliphatic heterocycles. The Morgan fingerprint density at radius 1 is 1.08 bits per heavy atom. The van der Waals surface area contributed by atoms with Crippen molar-refractivity contribution in [2.45, 2.75) is 65.2 Å². The van der Waals surface area contributed by atoms with Crippen molar-refractivity contribution < 1.29 is 14.3 Å². The van der Waals surface area contributed by atoms with Crippen molar-refractivity contribution in [3.63, 3.8) is 0 Å². The maximum absolute atomic E-state index is 12.3. The second kappa shape index (κ2) is 8.32. The van der Waals surface area contributed by atoms with Crippen LogP contribution >= 0.6 is 0 Å². The van der Waals surface area contributed by atoms with Crippen LogP contribution in [0.5, 0.6) is 0 Å². The minimum Gasteiger partial charge on any atom is -0.455 e. The van der Waals surface area contributed by atoms with Gasteiger partial charge in [-0.15, -0.1) is 0 Å². The summed E-state index contributed by atoms with van der Waals surface area (Å²) in [6.07, 6.45) is 3.92. The Hall–Kier alpha value is -1.84. The summed E-state index contributed by atoms with van der Waals surface area (Å²) in [6.45, 7) is 8.22. The zero-order valence-corrected chi connectivity index (χ0v) is 15.2. The average Bonchev–Trinajstić information content (AvgIpc) is 3.06. The summed E-state index contributed by atoms with van der Waals surface area (Å²) >= 11 is 0. The van der Waals surface area contributed by atoms with Crippen LogP contribution < -0.4 is 5.32 Å². The minimum atomic E-state index is -0.267. The van der Waals surface area contributed by atoms with Crippen LogP contribution in [0.4, 0.5) is 5.69 Å². The van der Waals surface area contributed by atoms with Gasteiger partial charge in [-0.25, -0.2) is 0 Å². The summed E-state index contributed by atoms with van der Waals surface area (Å²) in [5.41, 5.74) is 3.08. The number of carbonyl (C=O) groups excluding carboxylic acids is 2. The van der Waals surface area contributed by atoms with Crippen LogP contribution in [0.1, 0.15) is 76.3 Å². The van der Waals surface area contributed by atoms with Crippen molar-refractivity contribution in [3.05, 3.63) is 29.3 Å². The lowest BCUT2D eigenvalue weighted by atomic mass is 9.92. The van der Waals surface area contributed by atoms with E-state index in [1.807, 2.05) is 18.2 Å². The van der Waals surface area contributed by atoms with Gasteiger partial charge in [0.05, 0.1) is 5.92 Å². The molecule has 1 aromatic rings. The molecule has 132 valence electrons. The third kappa shape index (κ3) is 4.59. The standard InChI is InChI=1S/C20H29NO3/c1-13(2)16-10-7-11-17(14(3)4)19(16)21-18(22)12-24-20(23)15-8-5-6-9-15/h7,10-11,13-15H,5-6,8-9,12H2,1-4H3,(H,21,22). The first-order chi connectivity index (χ1) is 11.4. The Kier molecular flexibility index (Phi) is 6.41. The molecule has 4 nitrogen and oxygen atoms in total. The molecular formula is C20H29NO3. The van der Waals surface area contributed by atoms with E-state index >= 15 is 0 Å². The first-order valence-electron chi connectivity index (χ1n) is 8.99. The quantitative estimate of drug-likeness (QED) is 0.775. The van der Waals surface area contributed by atoms with E-state index in [1.54, 1.807) is 0 Å². The summed E-state index contributed by atoms with van der Waals surface area (Å²) < 4.78 is 5.21. The smallest absolute Gasteiger partial charge is 0.309 e. The highest BCUT2D eigenvalue weighted by molar-refractivity contribution is 5.94. The van der Waals surface area contributed by atoms with Gasteiger partial charge in [-0.3, -0.25) is 9.59 Å². The molecule has 1 fully saturated rings. The highest BCUT2D eigenvalue weighted by Gasteiger charge is 2.25. The Balaban J connectivity index is 2.03. The second-order valence-corrected chi connectivity index (χ2v) is 7.26. The highest BCUT2D eigenvalue weighted by atomic mass is 16.5. The lowest BCUT2D eigenvalue weighted by Crippen LogP contribution is -2.25. The fraction of sp³-hybridized carbons (Fsp3) is 0.600. The molecule has 1 N–H and O–H groups in total. The van der Waals surface area contributed by atoms with E-state index in [1.165, 1.54) is 0 Å². The predicted molar refractivity (Wildman–Crippen MR) is 96.2 cm³/mol. The highest BCUT2D eigenvalue weighted by Crippen LogP contribution is 2.32. The van der Waals surface area contributed by atoms with Gasteiger partial charge in [0.1, 0.15) is 0 Å². The number of amides is 1. The van der Waals surface area contributed by atoms with E-state index < -0.39 is 0 Å². The van der Waals surface area contributed by atoms with Crippen LogP contribution in [0, 0.1) is 5.92 Å². The van der Waals surface area contributed by atoms with Crippen LogP contribution in [-0.4, -0.2) is 18.5 Å². The topological polar surface area (TPSA) is 55.4 Å². The van der Waals surface area contributed by atoms with Crippen LogP contribution in [0.3, 0.4) is 0 Å². The van der Waals surface area contributed by atoms with Crippen LogP contribution in [0.15, 0.2) is 18.2 Å². The summed E-state index contributed by atoms with van der Waals surface area (Å²) in [5.74, 6) is 0.0901.